The van der Waals surface area contributed by atoms with Crippen LogP contribution in [0, 0.1) is 5.82 Å². The molecule has 1 aromatic carbocycles. The maximum Gasteiger partial charge on any atom is 0.126 e. The van der Waals surface area contributed by atoms with Gasteiger partial charge in [0.1, 0.15) is 10.8 Å². The molecule has 2 aromatic rings. The van der Waals surface area contributed by atoms with Crippen molar-refractivity contribution >= 4 is 11.3 Å². The molecule has 0 radical (unpaired) electrons. The lowest BCUT2D eigenvalue weighted by atomic mass is 9.93. The van der Waals surface area contributed by atoms with Crippen LogP contribution in [0.15, 0.2) is 29.6 Å². The SMILES string of the molecule is CCNC(C)(Cc1ccccc1F)c1nc(C(C)C)cs1. The molecule has 2 rings (SSSR count). The van der Waals surface area contributed by atoms with Crippen molar-refractivity contribution in [2.24, 2.45) is 0 Å². The van der Waals surface area contributed by atoms with Crippen molar-refractivity contribution in [3.63, 3.8) is 0 Å². The molecule has 2 nitrogen and oxygen atoms in total. The fourth-order valence-electron chi connectivity index (χ4n) is 2.43. The van der Waals surface area contributed by atoms with Gasteiger partial charge in [0, 0.05) is 5.38 Å². The number of nitrogens with one attached hydrogen (secondary N) is 1. The van der Waals surface area contributed by atoms with E-state index in [1.807, 2.05) is 12.1 Å². The largest absolute Gasteiger partial charge is 0.306 e. The fourth-order valence-corrected chi connectivity index (χ4v) is 3.55. The molecule has 0 bridgehead atoms. The number of likely N-dealkylation sites (N-methyl/N-ethyl adjacent to an activating group) is 1. The smallest absolute Gasteiger partial charge is 0.126 e. The minimum absolute atomic E-state index is 0.151. The van der Waals surface area contributed by atoms with Gasteiger partial charge in [-0.05, 0) is 37.4 Å². The van der Waals surface area contributed by atoms with Gasteiger partial charge in [-0.3, -0.25) is 0 Å². The minimum atomic E-state index is -0.339. The van der Waals surface area contributed by atoms with E-state index in [-0.39, 0.29) is 11.4 Å². The van der Waals surface area contributed by atoms with Gasteiger partial charge in [-0.1, -0.05) is 39.0 Å². The molecule has 0 saturated heterocycles. The molecule has 1 atom stereocenters. The van der Waals surface area contributed by atoms with Crippen LogP contribution in [-0.4, -0.2) is 11.5 Å². The Morgan fingerprint density at radius 1 is 1.33 bits per heavy atom. The van der Waals surface area contributed by atoms with Crippen LogP contribution in [-0.2, 0) is 12.0 Å². The van der Waals surface area contributed by atoms with Crippen molar-refractivity contribution in [2.75, 3.05) is 6.54 Å². The van der Waals surface area contributed by atoms with E-state index < -0.39 is 0 Å². The van der Waals surface area contributed by atoms with E-state index in [0.29, 0.717) is 12.3 Å². The first-order valence-electron chi connectivity index (χ1n) is 7.40. The fraction of sp³-hybridized carbons (Fsp3) is 0.471. The molecule has 0 amide bonds. The summed E-state index contributed by atoms with van der Waals surface area (Å²) in [6.45, 7) is 9.27. The Labute approximate surface area is 130 Å². The number of hydrogen-bond donors (Lipinski definition) is 1. The van der Waals surface area contributed by atoms with Crippen molar-refractivity contribution in [1.29, 1.82) is 0 Å². The summed E-state index contributed by atoms with van der Waals surface area (Å²) in [5, 5.41) is 6.62. The van der Waals surface area contributed by atoms with Crippen LogP contribution >= 0.6 is 11.3 Å². The van der Waals surface area contributed by atoms with Gasteiger partial charge in [-0.15, -0.1) is 11.3 Å². The number of nitrogens with zero attached hydrogens (tertiary/aromatic N) is 1. The summed E-state index contributed by atoms with van der Waals surface area (Å²) in [5.74, 6) is 0.261. The lowest BCUT2D eigenvalue weighted by molar-refractivity contribution is 0.365. The van der Waals surface area contributed by atoms with E-state index in [9.17, 15) is 4.39 Å². The molecule has 114 valence electrons. The Bertz CT molecular complexity index is 594. The average molecular weight is 306 g/mol. The highest BCUT2D eigenvalue weighted by atomic mass is 32.1. The van der Waals surface area contributed by atoms with E-state index in [1.54, 1.807) is 17.4 Å². The molecule has 0 spiro atoms. The summed E-state index contributed by atoms with van der Waals surface area (Å²) in [7, 11) is 0. The second-order valence-corrected chi connectivity index (χ2v) is 6.72. The number of rotatable bonds is 6. The monoisotopic (exact) mass is 306 g/mol. The summed E-state index contributed by atoms with van der Waals surface area (Å²) in [6, 6.07) is 6.97. The third-order valence-corrected chi connectivity index (χ3v) is 4.78. The van der Waals surface area contributed by atoms with E-state index in [4.69, 9.17) is 4.98 Å². The third-order valence-electron chi connectivity index (χ3n) is 3.65. The van der Waals surface area contributed by atoms with Gasteiger partial charge in [0.15, 0.2) is 0 Å². The molecule has 1 heterocycles. The normalized spacial score (nSPS) is 14.4. The van der Waals surface area contributed by atoms with Gasteiger partial charge in [0.25, 0.3) is 0 Å². The first-order valence-corrected chi connectivity index (χ1v) is 8.28. The van der Waals surface area contributed by atoms with Crippen molar-refractivity contribution in [3.8, 4) is 0 Å². The third kappa shape index (κ3) is 3.69. The molecule has 0 saturated carbocycles. The first kappa shape index (κ1) is 16.1. The summed E-state index contributed by atoms with van der Waals surface area (Å²) in [4.78, 5) is 4.76. The van der Waals surface area contributed by atoms with Gasteiger partial charge < -0.3 is 5.32 Å². The Hall–Kier alpha value is -1.26. The average Bonchev–Trinajstić information content (AvgIpc) is 2.92. The maximum atomic E-state index is 14.0. The molecule has 0 aliphatic heterocycles. The number of aromatic nitrogens is 1. The van der Waals surface area contributed by atoms with E-state index in [0.717, 1.165) is 22.8 Å². The molecule has 1 unspecified atom stereocenters. The Morgan fingerprint density at radius 2 is 2.05 bits per heavy atom. The number of benzene rings is 1. The molecule has 4 heteroatoms. The Morgan fingerprint density at radius 3 is 2.62 bits per heavy atom. The lowest BCUT2D eigenvalue weighted by Gasteiger charge is -2.29. The summed E-state index contributed by atoms with van der Waals surface area (Å²) in [6.07, 6.45) is 0.596. The molecular weight excluding hydrogens is 283 g/mol. The number of hydrogen-bond acceptors (Lipinski definition) is 3. The van der Waals surface area contributed by atoms with Crippen molar-refractivity contribution < 1.29 is 4.39 Å². The molecule has 1 aromatic heterocycles. The summed E-state index contributed by atoms with van der Waals surface area (Å²) >= 11 is 1.65. The van der Waals surface area contributed by atoms with Gasteiger partial charge in [0.05, 0.1) is 11.2 Å². The van der Waals surface area contributed by atoms with Gasteiger partial charge in [-0.25, -0.2) is 9.37 Å². The van der Waals surface area contributed by atoms with Crippen molar-refractivity contribution in [3.05, 3.63) is 51.7 Å². The number of halogens is 1. The van der Waals surface area contributed by atoms with Crippen LogP contribution < -0.4 is 5.32 Å². The zero-order valence-corrected chi connectivity index (χ0v) is 13.9. The molecule has 0 fully saturated rings. The van der Waals surface area contributed by atoms with Crippen LogP contribution in [0.25, 0.3) is 0 Å². The highest BCUT2D eigenvalue weighted by molar-refractivity contribution is 7.09. The standard InChI is InChI=1S/C17H23FN2S/c1-5-19-17(4,10-13-8-6-7-9-14(13)18)16-20-15(11-21-16)12(2)3/h6-9,11-12,19H,5,10H2,1-4H3. The van der Waals surface area contributed by atoms with E-state index >= 15 is 0 Å². The van der Waals surface area contributed by atoms with Gasteiger partial charge >= 0.3 is 0 Å². The van der Waals surface area contributed by atoms with Gasteiger partial charge in [0.2, 0.25) is 0 Å². The molecule has 1 N–H and O–H groups in total. The predicted octanol–water partition coefficient (Wildman–Crippen LogP) is 4.47. The molecule has 0 aliphatic rings. The predicted molar refractivity (Wildman–Crippen MR) is 87.3 cm³/mol. The van der Waals surface area contributed by atoms with Crippen LogP contribution in [0.4, 0.5) is 4.39 Å². The maximum absolute atomic E-state index is 14.0. The zero-order chi connectivity index (χ0) is 15.5. The Kier molecular flexibility index (Phi) is 5.12. The zero-order valence-electron chi connectivity index (χ0n) is 13.1. The quantitative estimate of drug-likeness (QED) is 0.851. The van der Waals surface area contributed by atoms with Crippen LogP contribution in [0.5, 0.6) is 0 Å². The lowest BCUT2D eigenvalue weighted by Crippen LogP contribution is -2.41. The van der Waals surface area contributed by atoms with Gasteiger partial charge in [-0.2, -0.15) is 0 Å². The second kappa shape index (κ2) is 6.67. The molecule has 21 heavy (non-hydrogen) atoms. The highest BCUT2D eigenvalue weighted by Gasteiger charge is 2.30. The topological polar surface area (TPSA) is 24.9 Å². The number of thiazole rings is 1. The van der Waals surface area contributed by atoms with Crippen LogP contribution in [0.2, 0.25) is 0 Å². The van der Waals surface area contributed by atoms with Crippen LogP contribution in [0.3, 0.4) is 0 Å². The summed E-state index contributed by atoms with van der Waals surface area (Å²) < 4.78 is 14.0. The minimum Gasteiger partial charge on any atom is -0.306 e. The first-order chi connectivity index (χ1) is 9.96. The van der Waals surface area contributed by atoms with Crippen molar-refractivity contribution in [1.82, 2.24) is 10.3 Å². The summed E-state index contributed by atoms with van der Waals surface area (Å²) in [5.41, 5.74) is 1.49. The Balaban J connectivity index is 2.33. The second-order valence-electron chi connectivity index (χ2n) is 5.86. The highest BCUT2D eigenvalue weighted by Crippen LogP contribution is 2.30. The van der Waals surface area contributed by atoms with E-state index in [1.165, 1.54) is 6.07 Å². The van der Waals surface area contributed by atoms with Crippen LogP contribution in [0.1, 0.15) is 49.9 Å². The molecular formula is C17H23FN2S. The molecule has 0 aliphatic carbocycles. The van der Waals surface area contributed by atoms with Crippen molar-refractivity contribution in [2.45, 2.75) is 45.6 Å². The van der Waals surface area contributed by atoms with E-state index in [2.05, 4.69) is 38.4 Å².